The number of nitrogens with zero attached hydrogens (tertiary/aromatic N) is 2. The summed E-state index contributed by atoms with van der Waals surface area (Å²) in [6, 6.07) is 12.4. The first-order valence-electron chi connectivity index (χ1n) is 12.0. The average molecular weight is 465 g/mol. The van der Waals surface area contributed by atoms with E-state index < -0.39 is 0 Å². The van der Waals surface area contributed by atoms with Crippen molar-refractivity contribution in [1.29, 1.82) is 0 Å². The van der Waals surface area contributed by atoms with E-state index in [0.717, 1.165) is 36.4 Å². The number of amides is 1. The van der Waals surface area contributed by atoms with Crippen LogP contribution in [0.4, 0.5) is 0 Å². The summed E-state index contributed by atoms with van der Waals surface area (Å²) in [6.45, 7) is 2.67. The predicted octanol–water partition coefficient (Wildman–Crippen LogP) is 4.51. The van der Waals surface area contributed by atoms with Gasteiger partial charge in [0.2, 0.25) is 5.91 Å². The Balaban J connectivity index is 1.34. The Labute approximate surface area is 203 Å². The molecule has 0 unspecified atom stereocenters. The minimum absolute atomic E-state index is 0.108. The Morgan fingerprint density at radius 3 is 2.47 bits per heavy atom. The van der Waals surface area contributed by atoms with Crippen LogP contribution in [0.25, 0.3) is 6.08 Å². The minimum atomic E-state index is 0.108. The van der Waals surface area contributed by atoms with Crippen LogP contribution in [0.5, 0.6) is 17.2 Å². The molecule has 2 aliphatic rings. The van der Waals surface area contributed by atoms with Gasteiger partial charge in [-0.1, -0.05) is 18.6 Å². The van der Waals surface area contributed by atoms with E-state index in [0.29, 0.717) is 24.5 Å². The Kier molecular flexibility index (Phi) is 7.47. The van der Waals surface area contributed by atoms with Crippen molar-refractivity contribution in [2.45, 2.75) is 37.5 Å². The summed E-state index contributed by atoms with van der Waals surface area (Å²) in [4.78, 5) is 17.2. The third-order valence-corrected chi connectivity index (χ3v) is 7.25. The highest BCUT2D eigenvalue weighted by atomic mass is 16.5. The molecule has 182 valence electrons. The molecule has 0 saturated heterocycles. The van der Waals surface area contributed by atoms with Gasteiger partial charge >= 0.3 is 0 Å². The number of rotatable bonds is 10. The van der Waals surface area contributed by atoms with E-state index in [1.807, 2.05) is 35.4 Å². The first-order valence-corrected chi connectivity index (χ1v) is 12.0. The highest BCUT2D eigenvalue weighted by Gasteiger charge is 2.39. The molecular weight excluding hydrogens is 428 g/mol. The van der Waals surface area contributed by atoms with Crippen LogP contribution in [0.15, 0.2) is 42.6 Å². The van der Waals surface area contributed by atoms with Crippen LogP contribution in [0.2, 0.25) is 0 Å². The molecule has 6 heteroatoms. The van der Waals surface area contributed by atoms with Crippen molar-refractivity contribution < 1.29 is 19.0 Å². The van der Waals surface area contributed by atoms with Crippen LogP contribution >= 0.6 is 0 Å². The minimum Gasteiger partial charge on any atom is -0.497 e. The fourth-order valence-electron chi connectivity index (χ4n) is 5.16. The van der Waals surface area contributed by atoms with Gasteiger partial charge in [-0.25, -0.2) is 0 Å². The molecule has 0 aromatic heterocycles. The summed E-state index contributed by atoms with van der Waals surface area (Å²) in [7, 11) is 7.15. The number of methoxy groups -OCH3 is 3. The van der Waals surface area contributed by atoms with E-state index in [4.69, 9.17) is 14.2 Å². The van der Waals surface area contributed by atoms with E-state index in [1.165, 1.54) is 24.8 Å². The van der Waals surface area contributed by atoms with Gasteiger partial charge in [0.15, 0.2) is 11.5 Å². The standard InChI is InChI=1S/C28H36N2O4/c1-29(20-28(11-6-12-28)23-8-5-9-24(19-23)32-2)13-7-14-30-15-10-21-16-25(33-3)26(34-4)17-22(21)18-27(30)31/h5,8-10,15-17,19H,6-7,11-14,18,20H2,1-4H3. The average Bonchev–Trinajstić information content (AvgIpc) is 2.98. The molecular formula is C28H36N2O4. The lowest BCUT2D eigenvalue weighted by atomic mass is 9.64. The van der Waals surface area contributed by atoms with Crippen molar-refractivity contribution in [3.63, 3.8) is 0 Å². The second-order valence-corrected chi connectivity index (χ2v) is 9.44. The summed E-state index contributed by atoms with van der Waals surface area (Å²) in [5.41, 5.74) is 3.54. The normalized spacial score (nSPS) is 16.6. The second kappa shape index (κ2) is 10.5. The maximum Gasteiger partial charge on any atom is 0.230 e. The molecule has 0 atom stereocenters. The highest BCUT2D eigenvalue weighted by molar-refractivity contribution is 5.84. The quantitative estimate of drug-likeness (QED) is 0.518. The number of carbonyl (C=O) groups is 1. The molecule has 1 heterocycles. The second-order valence-electron chi connectivity index (χ2n) is 9.44. The molecule has 0 spiro atoms. The maximum absolute atomic E-state index is 12.9. The molecule has 2 aromatic carbocycles. The number of hydrogen-bond acceptors (Lipinski definition) is 5. The summed E-state index contributed by atoms with van der Waals surface area (Å²) in [6.07, 6.45) is 8.88. The fraction of sp³-hybridized carbons (Fsp3) is 0.464. The number of fused-ring (bicyclic) bond motifs is 1. The molecule has 2 aromatic rings. The molecule has 1 fully saturated rings. The number of hydrogen-bond donors (Lipinski definition) is 0. The van der Waals surface area contributed by atoms with Gasteiger partial charge in [0, 0.05) is 24.7 Å². The van der Waals surface area contributed by atoms with Gasteiger partial charge in [0.05, 0.1) is 27.8 Å². The predicted molar refractivity (Wildman–Crippen MR) is 135 cm³/mol. The summed E-state index contributed by atoms with van der Waals surface area (Å²) >= 11 is 0. The Bertz CT molecular complexity index is 1040. The third-order valence-electron chi connectivity index (χ3n) is 7.25. The fourth-order valence-corrected chi connectivity index (χ4v) is 5.16. The molecule has 34 heavy (non-hydrogen) atoms. The first kappa shape index (κ1) is 24.1. The van der Waals surface area contributed by atoms with Crippen molar-refractivity contribution in [1.82, 2.24) is 9.80 Å². The zero-order valence-corrected chi connectivity index (χ0v) is 20.8. The Morgan fingerprint density at radius 1 is 1.03 bits per heavy atom. The SMILES string of the molecule is COc1cccc(C2(CN(C)CCCN3C=Cc4cc(OC)c(OC)cc4CC3=O)CCC2)c1. The van der Waals surface area contributed by atoms with Gasteiger partial charge in [-0.05, 0) is 79.9 Å². The molecule has 1 saturated carbocycles. The lowest BCUT2D eigenvalue weighted by molar-refractivity contribution is -0.127. The van der Waals surface area contributed by atoms with Crippen molar-refractivity contribution in [3.8, 4) is 17.2 Å². The largest absolute Gasteiger partial charge is 0.497 e. The van der Waals surface area contributed by atoms with E-state index in [1.54, 1.807) is 21.3 Å². The maximum atomic E-state index is 12.9. The first-order chi connectivity index (χ1) is 16.5. The molecule has 1 amide bonds. The third kappa shape index (κ3) is 5.07. The smallest absolute Gasteiger partial charge is 0.230 e. The molecule has 4 rings (SSSR count). The zero-order valence-electron chi connectivity index (χ0n) is 20.8. The van der Waals surface area contributed by atoms with Crippen molar-refractivity contribution >= 4 is 12.0 Å². The Hall–Kier alpha value is -2.99. The van der Waals surface area contributed by atoms with Gasteiger partial charge in [-0.15, -0.1) is 0 Å². The van der Waals surface area contributed by atoms with Crippen molar-refractivity contribution in [2.75, 3.05) is 48.0 Å². The van der Waals surface area contributed by atoms with E-state index in [9.17, 15) is 4.79 Å². The van der Waals surface area contributed by atoms with Crippen LogP contribution in [0.1, 0.15) is 42.4 Å². The van der Waals surface area contributed by atoms with Crippen LogP contribution in [0, 0.1) is 0 Å². The molecule has 1 aliphatic heterocycles. The van der Waals surface area contributed by atoms with Gasteiger partial charge in [0.25, 0.3) is 0 Å². The molecule has 1 aliphatic carbocycles. The van der Waals surface area contributed by atoms with Crippen LogP contribution in [-0.2, 0) is 16.6 Å². The van der Waals surface area contributed by atoms with Crippen LogP contribution < -0.4 is 14.2 Å². The molecule has 0 radical (unpaired) electrons. The van der Waals surface area contributed by atoms with Crippen LogP contribution in [-0.4, -0.2) is 63.7 Å². The van der Waals surface area contributed by atoms with Crippen molar-refractivity contribution in [2.24, 2.45) is 0 Å². The van der Waals surface area contributed by atoms with Gasteiger partial charge in [0.1, 0.15) is 5.75 Å². The number of carbonyl (C=O) groups excluding carboxylic acids is 1. The summed E-state index contributed by atoms with van der Waals surface area (Å²) in [5, 5.41) is 0. The molecule has 6 nitrogen and oxygen atoms in total. The summed E-state index contributed by atoms with van der Waals surface area (Å²) < 4.78 is 16.3. The lowest BCUT2D eigenvalue weighted by Crippen LogP contribution is -2.45. The monoisotopic (exact) mass is 464 g/mol. The van der Waals surface area contributed by atoms with E-state index in [2.05, 4.69) is 30.1 Å². The number of benzene rings is 2. The number of likely N-dealkylation sites (N-methyl/N-ethyl adjacent to an activating group) is 1. The van der Waals surface area contributed by atoms with Crippen molar-refractivity contribution in [3.05, 3.63) is 59.3 Å². The van der Waals surface area contributed by atoms with E-state index in [-0.39, 0.29) is 11.3 Å². The van der Waals surface area contributed by atoms with Gasteiger partial charge in [-0.3, -0.25) is 4.79 Å². The molecule has 0 N–H and O–H groups in total. The number of ether oxygens (including phenoxy) is 3. The van der Waals surface area contributed by atoms with Gasteiger partial charge < -0.3 is 24.0 Å². The topological polar surface area (TPSA) is 51.2 Å². The lowest BCUT2D eigenvalue weighted by Gasteiger charge is -2.45. The Morgan fingerprint density at radius 2 is 1.79 bits per heavy atom. The zero-order chi connectivity index (χ0) is 24.1. The van der Waals surface area contributed by atoms with Gasteiger partial charge in [-0.2, -0.15) is 0 Å². The summed E-state index contributed by atoms with van der Waals surface area (Å²) in [5.74, 6) is 2.36. The van der Waals surface area contributed by atoms with E-state index >= 15 is 0 Å². The highest BCUT2D eigenvalue weighted by Crippen LogP contribution is 2.45. The van der Waals surface area contributed by atoms with Crippen LogP contribution in [0.3, 0.4) is 0 Å². The molecule has 0 bridgehead atoms.